The van der Waals surface area contributed by atoms with Gasteiger partial charge >= 0.3 is 0 Å². The number of aromatic nitrogens is 1. The van der Waals surface area contributed by atoms with Crippen LogP contribution in [-0.4, -0.2) is 12.0 Å². The molecule has 0 radical (unpaired) electrons. The van der Waals surface area contributed by atoms with Gasteiger partial charge in [0.15, 0.2) is 0 Å². The summed E-state index contributed by atoms with van der Waals surface area (Å²) in [5.74, 6) is 0. The monoisotopic (exact) mass is 233 g/mol. The molecule has 1 heterocycles. The molecule has 1 N–H and O–H groups in total. The Kier molecular flexibility index (Phi) is 2.69. The second-order valence-corrected chi connectivity index (χ2v) is 4.22. The lowest BCUT2D eigenvalue weighted by Crippen LogP contribution is -1.88. The number of rotatable bonds is 2. The van der Waals surface area contributed by atoms with Crippen molar-refractivity contribution in [3.63, 3.8) is 0 Å². The molecule has 0 spiro atoms. The Labute approximate surface area is 106 Å². The first-order valence-corrected chi connectivity index (χ1v) is 6.01. The third-order valence-electron chi connectivity index (χ3n) is 3.07. The van der Waals surface area contributed by atoms with E-state index < -0.39 is 0 Å². The molecule has 2 nitrogen and oxygen atoms in total. The van der Waals surface area contributed by atoms with Gasteiger partial charge in [-0.15, -0.1) is 0 Å². The highest BCUT2D eigenvalue weighted by Gasteiger charge is 2.01. The van der Waals surface area contributed by atoms with Crippen molar-refractivity contribution in [3.05, 3.63) is 60.7 Å². The van der Waals surface area contributed by atoms with Gasteiger partial charge in [-0.1, -0.05) is 36.4 Å². The predicted molar refractivity (Wildman–Crippen MR) is 76.7 cm³/mol. The average molecular weight is 233 g/mol. The van der Waals surface area contributed by atoms with Crippen LogP contribution >= 0.6 is 0 Å². The lowest BCUT2D eigenvalue weighted by molar-refractivity contribution is 1.39. The van der Waals surface area contributed by atoms with E-state index in [4.69, 9.17) is 0 Å². The molecule has 0 saturated carbocycles. The van der Waals surface area contributed by atoms with E-state index in [1.54, 1.807) is 0 Å². The standard InChI is InChI=1S/C16H14N2/c1-17-14-9-6-13(7-10-14)16-11-8-12-4-2-3-5-15(12)18-16/h2-11,17H,1H3/i1-1. The van der Waals surface area contributed by atoms with Gasteiger partial charge in [-0.25, -0.2) is 4.98 Å². The van der Waals surface area contributed by atoms with Gasteiger partial charge in [-0.2, -0.15) is 0 Å². The maximum absolute atomic E-state index is 4.68. The molecule has 0 atom stereocenters. The molecule has 0 bridgehead atoms. The number of fused-ring (bicyclic) bond motifs is 1. The van der Waals surface area contributed by atoms with E-state index >= 15 is 0 Å². The SMILES string of the molecule is [11CH3]Nc1ccc(-c2ccc3ccccc3n2)cc1. The highest BCUT2D eigenvalue weighted by Crippen LogP contribution is 2.22. The van der Waals surface area contributed by atoms with Gasteiger partial charge in [0.1, 0.15) is 0 Å². The lowest BCUT2D eigenvalue weighted by atomic mass is 10.1. The van der Waals surface area contributed by atoms with Crippen LogP contribution in [0.15, 0.2) is 60.7 Å². The molecule has 0 aliphatic carbocycles. The Morgan fingerprint density at radius 1 is 0.833 bits per heavy atom. The summed E-state index contributed by atoms with van der Waals surface area (Å²) in [7, 11) is 1.92. The Morgan fingerprint density at radius 2 is 1.61 bits per heavy atom. The number of anilines is 1. The minimum absolute atomic E-state index is 1.01. The number of nitrogens with one attached hydrogen (secondary N) is 1. The summed E-state index contributed by atoms with van der Waals surface area (Å²) in [4.78, 5) is 4.68. The van der Waals surface area contributed by atoms with E-state index in [2.05, 4.69) is 52.8 Å². The van der Waals surface area contributed by atoms with Crippen LogP contribution in [0.3, 0.4) is 0 Å². The van der Waals surface area contributed by atoms with Gasteiger partial charge in [0.05, 0.1) is 11.2 Å². The summed E-state index contributed by atoms with van der Waals surface area (Å²) in [5.41, 5.74) is 4.29. The quantitative estimate of drug-likeness (QED) is 0.725. The molecule has 3 aromatic rings. The Hall–Kier alpha value is -2.35. The molecular weight excluding hydrogens is 219 g/mol. The summed E-state index contributed by atoms with van der Waals surface area (Å²) in [5, 5.41) is 4.29. The highest BCUT2D eigenvalue weighted by molar-refractivity contribution is 5.81. The minimum atomic E-state index is 1.01. The van der Waals surface area contributed by atoms with Crippen LogP contribution in [0, 0.1) is 0 Å². The average Bonchev–Trinajstić information content (AvgIpc) is 2.47. The number of nitrogens with zero attached hydrogens (tertiary/aromatic N) is 1. The van der Waals surface area contributed by atoms with Crippen LogP contribution in [0.2, 0.25) is 0 Å². The Bertz CT molecular complexity index is 672. The van der Waals surface area contributed by atoms with Crippen molar-refractivity contribution in [2.24, 2.45) is 0 Å². The normalized spacial score (nSPS) is 10.5. The first-order chi connectivity index (χ1) is 8.86. The van der Waals surface area contributed by atoms with Gasteiger partial charge in [-0.3, -0.25) is 0 Å². The highest BCUT2D eigenvalue weighted by atomic mass is 14.7. The van der Waals surface area contributed by atoms with Crippen molar-refractivity contribution in [1.29, 1.82) is 0 Å². The van der Waals surface area contributed by atoms with E-state index in [9.17, 15) is 0 Å². The number of hydrogen-bond donors (Lipinski definition) is 1. The lowest BCUT2D eigenvalue weighted by Gasteiger charge is -2.05. The largest absolute Gasteiger partial charge is 0.388 e. The van der Waals surface area contributed by atoms with E-state index in [1.807, 2.05) is 25.2 Å². The fraction of sp³-hybridized carbons (Fsp3) is 0.0625. The van der Waals surface area contributed by atoms with Crippen molar-refractivity contribution in [3.8, 4) is 11.3 Å². The fourth-order valence-electron chi connectivity index (χ4n) is 2.03. The van der Waals surface area contributed by atoms with Gasteiger partial charge in [0.2, 0.25) is 0 Å². The number of para-hydroxylation sites is 1. The smallest absolute Gasteiger partial charge is 0.0709 e. The van der Waals surface area contributed by atoms with Crippen LogP contribution < -0.4 is 5.32 Å². The molecule has 2 aromatic carbocycles. The molecule has 0 aliphatic heterocycles. The van der Waals surface area contributed by atoms with Crippen LogP contribution in [0.5, 0.6) is 0 Å². The van der Waals surface area contributed by atoms with E-state index in [1.165, 1.54) is 5.39 Å². The summed E-state index contributed by atoms with van der Waals surface area (Å²) in [6.45, 7) is 0. The van der Waals surface area contributed by atoms with Crippen molar-refractivity contribution in [1.82, 2.24) is 4.98 Å². The Balaban J connectivity index is 2.07. The van der Waals surface area contributed by atoms with Crippen molar-refractivity contribution in [2.45, 2.75) is 0 Å². The minimum Gasteiger partial charge on any atom is -0.388 e. The summed E-state index contributed by atoms with van der Waals surface area (Å²) in [6, 6.07) is 20.6. The number of hydrogen-bond acceptors (Lipinski definition) is 2. The first-order valence-electron chi connectivity index (χ1n) is 6.01. The molecule has 88 valence electrons. The van der Waals surface area contributed by atoms with Gasteiger partial charge in [0, 0.05) is 23.7 Å². The molecule has 0 aliphatic rings. The van der Waals surface area contributed by atoms with Gasteiger partial charge in [0.25, 0.3) is 0 Å². The maximum Gasteiger partial charge on any atom is 0.0709 e. The van der Waals surface area contributed by atoms with Crippen molar-refractivity contribution < 1.29 is 0 Å². The van der Waals surface area contributed by atoms with E-state index in [0.29, 0.717) is 0 Å². The second-order valence-electron chi connectivity index (χ2n) is 4.22. The van der Waals surface area contributed by atoms with Crippen molar-refractivity contribution >= 4 is 16.6 Å². The summed E-state index contributed by atoms with van der Waals surface area (Å²) >= 11 is 0. The van der Waals surface area contributed by atoms with Crippen LogP contribution in [0.25, 0.3) is 22.2 Å². The summed E-state index contributed by atoms with van der Waals surface area (Å²) < 4.78 is 0. The third-order valence-corrected chi connectivity index (χ3v) is 3.07. The fourth-order valence-corrected chi connectivity index (χ4v) is 2.03. The predicted octanol–water partition coefficient (Wildman–Crippen LogP) is 3.94. The van der Waals surface area contributed by atoms with E-state index in [0.717, 1.165) is 22.5 Å². The third kappa shape index (κ3) is 1.93. The van der Waals surface area contributed by atoms with Gasteiger partial charge < -0.3 is 5.32 Å². The molecule has 3 rings (SSSR count). The topological polar surface area (TPSA) is 24.9 Å². The molecular formula is C16H14N2. The zero-order chi connectivity index (χ0) is 12.4. The summed E-state index contributed by atoms with van der Waals surface area (Å²) in [6.07, 6.45) is 0. The Morgan fingerprint density at radius 3 is 2.39 bits per heavy atom. The second kappa shape index (κ2) is 4.49. The molecule has 1 aromatic heterocycles. The first kappa shape index (κ1) is 10.8. The maximum atomic E-state index is 4.68. The van der Waals surface area contributed by atoms with Crippen LogP contribution in [0.1, 0.15) is 0 Å². The molecule has 0 amide bonds. The van der Waals surface area contributed by atoms with E-state index in [-0.39, 0.29) is 0 Å². The van der Waals surface area contributed by atoms with Crippen LogP contribution in [-0.2, 0) is 0 Å². The van der Waals surface area contributed by atoms with Gasteiger partial charge in [-0.05, 0) is 24.3 Å². The number of pyridine rings is 1. The molecule has 0 fully saturated rings. The molecule has 0 saturated heterocycles. The van der Waals surface area contributed by atoms with Crippen LogP contribution in [0.4, 0.5) is 5.69 Å². The zero-order valence-corrected chi connectivity index (χ0v) is 10.2. The molecule has 0 unspecified atom stereocenters. The van der Waals surface area contributed by atoms with Crippen molar-refractivity contribution in [2.75, 3.05) is 12.4 Å². The zero-order valence-electron chi connectivity index (χ0n) is 10.2. The molecule has 2 heteroatoms. The number of benzene rings is 2. The molecule has 18 heavy (non-hydrogen) atoms.